The molecular formula is C14H16BrClFN3O. The molecule has 1 heterocycles. The smallest absolute Gasteiger partial charge is 0.219 e. The maximum Gasteiger partial charge on any atom is 0.219 e. The van der Waals surface area contributed by atoms with Crippen molar-refractivity contribution >= 4 is 44.5 Å². The average molecular weight is 377 g/mol. The first-order valence-electron chi connectivity index (χ1n) is 6.43. The Kier molecular flexibility index (Phi) is 4.31. The minimum Gasteiger partial charge on any atom is -0.370 e. The highest BCUT2D eigenvalue weighted by Gasteiger charge is 2.30. The number of fused-ring (bicyclic) bond motifs is 1. The largest absolute Gasteiger partial charge is 0.370 e. The molecule has 0 saturated carbocycles. The van der Waals surface area contributed by atoms with E-state index in [-0.39, 0.29) is 11.8 Å². The number of benzene rings is 1. The van der Waals surface area contributed by atoms with Crippen LogP contribution < -0.4 is 5.73 Å². The van der Waals surface area contributed by atoms with E-state index in [1.165, 1.54) is 6.07 Å². The second kappa shape index (κ2) is 5.57. The lowest BCUT2D eigenvalue weighted by molar-refractivity contribution is -0.119. The van der Waals surface area contributed by atoms with E-state index in [4.69, 9.17) is 17.3 Å². The summed E-state index contributed by atoms with van der Waals surface area (Å²) in [5.74, 6) is -0.254. The molecule has 4 nitrogen and oxygen atoms in total. The third-order valence-corrected chi connectivity index (χ3v) is 4.09. The summed E-state index contributed by atoms with van der Waals surface area (Å²) in [6.07, 6.45) is 0.104. The van der Waals surface area contributed by atoms with Crippen LogP contribution in [-0.2, 0) is 10.3 Å². The molecule has 1 aromatic heterocycles. The molecule has 0 aliphatic heterocycles. The molecule has 2 aromatic rings. The molecule has 0 fully saturated rings. The van der Waals surface area contributed by atoms with Crippen LogP contribution in [0.5, 0.6) is 0 Å². The van der Waals surface area contributed by atoms with Gasteiger partial charge in [0.2, 0.25) is 5.91 Å². The third kappa shape index (κ3) is 3.06. The van der Waals surface area contributed by atoms with Gasteiger partial charge in [0.25, 0.3) is 0 Å². The molecule has 1 aromatic carbocycles. The molecule has 1 amide bonds. The Morgan fingerprint density at radius 2 is 2.19 bits per heavy atom. The quantitative estimate of drug-likeness (QED) is 0.824. The number of hydrogen-bond donors (Lipinski definition) is 1. The molecule has 2 rings (SSSR count). The summed E-state index contributed by atoms with van der Waals surface area (Å²) in [5, 5.41) is -0.383. The van der Waals surface area contributed by atoms with Gasteiger partial charge in [0.15, 0.2) is 0 Å². The predicted molar refractivity (Wildman–Crippen MR) is 84.8 cm³/mol. The maximum atomic E-state index is 13.9. The van der Waals surface area contributed by atoms with E-state index in [2.05, 4.69) is 20.9 Å². The summed E-state index contributed by atoms with van der Waals surface area (Å²) in [5.41, 5.74) is 5.87. The Balaban J connectivity index is 2.77. The van der Waals surface area contributed by atoms with Crippen LogP contribution in [0.3, 0.4) is 0 Å². The molecule has 1 atom stereocenters. The lowest BCUT2D eigenvalue weighted by Gasteiger charge is -2.29. The SMILES string of the molecule is CC(Cl)c1nc2cc(Br)c(F)cc2n1C(C)(C)CC(N)=O. The standard InChI is InChI=1S/C14H16BrClFN3O/c1-7(16)13-19-10-4-8(15)9(17)5-11(10)20(13)14(2,3)6-12(18)21/h4-5,7H,6H2,1-3H3,(H2,18,21). The zero-order valence-corrected chi connectivity index (χ0v) is 14.3. The van der Waals surface area contributed by atoms with Crippen LogP contribution in [0.15, 0.2) is 16.6 Å². The van der Waals surface area contributed by atoms with E-state index in [0.717, 1.165) is 0 Å². The summed E-state index contributed by atoms with van der Waals surface area (Å²) < 4.78 is 16.0. The molecule has 0 bridgehead atoms. The van der Waals surface area contributed by atoms with Crippen molar-refractivity contribution in [2.24, 2.45) is 5.73 Å². The summed E-state index contributed by atoms with van der Waals surface area (Å²) in [4.78, 5) is 15.8. The number of imidazole rings is 1. The highest BCUT2D eigenvalue weighted by Crippen LogP contribution is 2.34. The van der Waals surface area contributed by atoms with E-state index in [1.54, 1.807) is 17.6 Å². The average Bonchev–Trinajstić information content (AvgIpc) is 2.67. The normalized spacial score (nSPS) is 13.6. The Morgan fingerprint density at radius 3 is 2.71 bits per heavy atom. The number of aromatic nitrogens is 2. The second-order valence-electron chi connectivity index (χ2n) is 5.63. The van der Waals surface area contributed by atoms with E-state index in [0.29, 0.717) is 21.3 Å². The minimum atomic E-state index is -0.653. The van der Waals surface area contributed by atoms with Gasteiger partial charge in [0.1, 0.15) is 11.6 Å². The summed E-state index contributed by atoms with van der Waals surface area (Å²) in [7, 11) is 0. The monoisotopic (exact) mass is 375 g/mol. The van der Waals surface area contributed by atoms with Crippen molar-refractivity contribution in [2.75, 3.05) is 0 Å². The van der Waals surface area contributed by atoms with Gasteiger partial charge in [-0.1, -0.05) is 0 Å². The molecule has 0 aliphatic carbocycles. The first-order chi connectivity index (χ1) is 9.63. The number of alkyl halides is 1. The molecule has 21 heavy (non-hydrogen) atoms. The van der Waals surface area contributed by atoms with Crippen molar-refractivity contribution in [3.8, 4) is 0 Å². The van der Waals surface area contributed by atoms with Gasteiger partial charge in [-0.15, -0.1) is 11.6 Å². The van der Waals surface area contributed by atoms with Crippen LogP contribution in [0.2, 0.25) is 0 Å². The highest BCUT2D eigenvalue weighted by molar-refractivity contribution is 9.10. The van der Waals surface area contributed by atoms with Gasteiger partial charge in [-0.3, -0.25) is 4.79 Å². The molecule has 2 N–H and O–H groups in total. The Bertz CT molecular complexity index is 712. The fourth-order valence-corrected chi connectivity index (χ4v) is 2.98. The van der Waals surface area contributed by atoms with Gasteiger partial charge in [-0.05, 0) is 42.8 Å². The number of hydrogen-bond acceptors (Lipinski definition) is 2. The van der Waals surface area contributed by atoms with Gasteiger partial charge in [-0.2, -0.15) is 0 Å². The topological polar surface area (TPSA) is 60.9 Å². The number of nitrogens with zero attached hydrogens (tertiary/aromatic N) is 2. The fourth-order valence-electron chi connectivity index (χ4n) is 2.50. The number of amides is 1. The van der Waals surface area contributed by atoms with E-state index >= 15 is 0 Å². The van der Waals surface area contributed by atoms with Crippen molar-refractivity contribution in [1.29, 1.82) is 0 Å². The Hall–Kier alpha value is -1.14. The fraction of sp³-hybridized carbons (Fsp3) is 0.429. The first-order valence-corrected chi connectivity index (χ1v) is 7.66. The molecule has 1 unspecified atom stereocenters. The van der Waals surface area contributed by atoms with Gasteiger partial charge >= 0.3 is 0 Å². The van der Waals surface area contributed by atoms with Gasteiger partial charge in [0.05, 0.1) is 20.9 Å². The van der Waals surface area contributed by atoms with Crippen LogP contribution >= 0.6 is 27.5 Å². The van der Waals surface area contributed by atoms with Crippen LogP contribution in [0, 0.1) is 5.82 Å². The van der Waals surface area contributed by atoms with Crippen molar-refractivity contribution in [1.82, 2.24) is 9.55 Å². The van der Waals surface area contributed by atoms with E-state index in [9.17, 15) is 9.18 Å². The summed E-state index contributed by atoms with van der Waals surface area (Å²) in [6.45, 7) is 5.48. The Labute approximate surface area is 135 Å². The molecule has 0 spiro atoms. The van der Waals surface area contributed by atoms with Crippen LogP contribution in [0.1, 0.15) is 38.4 Å². The molecule has 0 aliphatic rings. The van der Waals surface area contributed by atoms with Crippen LogP contribution in [0.25, 0.3) is 11.0 Å². The lowest BCUT2D eigenvalue weighted by Crippen LogP contribution is -2.33. The third-order valence-electron chi connectivity index (χ3n) is 3.29. The summed E-state index contributed by atoms with van der Waals surface area (Å²) >= 11 is 9.34. The van der Waals surface area contributed by atoms with Crippen molar-refractivity contribution < 1.29 is 9.18 Å². The number of rotatable bonds is 4. The highest BCUT2D eigenvalue weighted by atomic mass is 79.9. The minimum absolute atomic E-state index is 0.104. The number of carbonyl (C=O) groups is 1. The molecule has 0 saturated heterocycles. The maximum absolute atomic E-state index is 13.9. The number of carbonyl (C=O) groups excluding carboxylic acids is 1. The van der Waals surface area contributed by atoms with Crippen LogP contribution in [-0.4, -0.2) is 15.5 Å². The van der Waals surface area contributed by atoms with Crippen molar-refractivity contribution in [3.05, 3.63) is 28.2 Å². The van der Waals surface area contributed by atoms with E-state index < -0.39 is 17.3 Å². The Morgan fingerprint density at radius 1 is 1.57 bits per heavy atom. The summed E-state index contributed by atoms with van der Waals surface area (Å²) in [6, 6.07) is 2.99. The number of halogens is 3. The predicted octanol–water partition coefficient (Wildman–Crippen LogP) is 3.85. The van der Waals surface area contributed by atoms with Gasteiger partial charge in [-0.25, -0.2) is 9.37 Å². The molecular weight excluding hydrogens is 361 g/mol. The van der Waals surface area contributed by atoms with Gasteiger partial charge in [0, 0.05) is 18.0 Å². The molecule has 114 valence electrons. The van der Waals surface area contributed by atoms with E-state index in [1.807, 2.05) is 13.8 Å². The second-order valence-corrected chi connectivity index (χ2v) is 7.14. The van der Waals surface area contributed by atoms with Gasteiger partial charge < -0.3 is 10.3 Å². The number of primary amides is 1. The zero-order valence-electron chi connectivity index (χ0n) is 12.0. The number of nitrogens with two attached hydrogens (primary N) is 1. The first kappa shape index (κ1) is 16.2. The van der Waals surface area contributed by atoms with Crippen molar-refractivity contribution in [2.45, 2.75) is 38.1 Å². The molecule has 7 heteroatoms. The van der Waals surface area contributed by atoms with Crippen LogP contribution in [0.4, 0.5) is 4.39 Å². The van der Waals surface area contributed by atoms with Crippen molar-refractivity contribution in [3.63, 3.8) is 0 Å². The molecule has 0 radical (unpaired) electrons. The lowest BCUT2D eigenvalue weighted by atomic mass is 9.99. The zero-order chi connectivity index (χ0) is 15.9.